The van der Waals surface area contributed by atoms with Crippen LogP contribution in [0.25, 0.3) is 11.0 Å². The smallest absolute Gasteiger partial charge is 0.109 e. The third kappa shape index (κ3) is 1.90. The summed E-state index contributed by atoms with van der Waals surface area (Å²) in [4.78, 5) is 4.63. The van der Waals surface area contributed by atoms with E-state index in [0.717, 1.165) is 30.0 Å². The number of aryl methyl sites for hydroxylation is 1. The molecule has 86 valence electrons. The van der Waals surface area contributed by atoms with Gasteiger partial charge in [-0.25, -0.2) is 4.98 Å². The number of nitrogens with zero attached hydrogens (tertiary/aromatic N) is 2. The molecule has 0 bridgehead atoms. The molecule has 0 aliphatic heterocycles. The van der Waals surface area contributed by atoms with Gasteiger partial charge in [0.15, 0.2) is 0 Å². The maximum atomic E-state index is 5.78. The Labute approximate surface area is 96.3 Å². The largest absolute Gasteiger partial charge is 0.399 e. The summed E-state index contributed by atoms with van der Waals surface area (Å²) in [7, 11) is 0. The zero-order valence-corrected chi connectivity index (χ0v) is 10.2. The van der Waals surface area contributed by atoms with Gasteiger partial charge < -0.3 is 10.3 Å². The predicted molar refractivity (Wildman–Crippen MR) is 68.4 cm³/mol. The third-order valence-corrected chi connectivity index (χ3v) is 2.72. The zero-order chi connectivity index (χ0) is 11.7. The van der Waals surface area contributed by atoms with Crippen molar-refractivity contribution < 1.29 is 0 Å². The maximum Gasteiger partial charge on any atom is 0.109 e. The van der Waals surface area contributed by atoms with Gasteiger partial charge in [-0.15, -0.1) is 0 Å². The van der Waals surface area contributed by atoms with Gasteiger partial charge in [0.2, 0.25) is 0 Å². The van der Waals surface area contributed by atoms with E-state index in [-0.39, 0.29) is 0 Å². The Morgan fingerprint density at radius 3 is 2.75 bits per heavy atom. The highest BCUT2D eigenvalue weighted by atomic mass is 15.1. The van der Waals surface area contributed by atoms with Crippen LogP contribution in [-0.4, -0.2) is 9.55 Å². The van der Waals surface area contributed by atoms with E-state index < -0.39 is 0 Å². The molecule has 1 aromatic heterocycles. The number of benzene rings is 1. The van der Waals surface area contributed by atoms with Crippen molar-refractivity contribution in [3.63, 3.8) is 0 Å². The molecule has 0 spiro atoms. The standard InChI is InChI=1S/C13H19N3/c1-4-13-15-11-7-10(14)5-6-12(11)16(13)8-9(2)3/h5-7,9H,4,8,14H2,1-3H3. The van der Waals surface area contributed by atoms with Crippen molar-refractivity contribution >= 4 is 16.7 Å². The Morgan fingerprint density at radius 2 is 2.12 bits per heavy atom. The topological polar surface area (TPSA) is 43.8 Å². The molecule has 2 aromatic rings. The van der Waals surface area contributed by atoms with Gasteiger partial charge >= 0.3 is 0 Å². The number of aromatic nitrogens is 2. The van der Waals surface area contributed by atoms with Crippen molar-refractivity contribution in [1.29, 1.82) is 0 Å². The molecule has 0 fully saturated rings. The summed E-state index contributed by atoms with van der Waals surface area (Å²) in [5.74, 6) is 1.77. The first kappa shape index (κ1) is 11.0. The summed E-state index contributed by atoms with van der Waals surface area (Å²) in [6.45, 7) is 7.61. The van der Waals surface area contributed by atoms with E-state index in [0.29, 0.717) is 5.92 Å². The average molecular weight is 217 g/mol. The fourth-order valence-electron chi connectivity index (χ4n) is 2.04. The van der Waals surface area contributed by atoms with Crippen molar-refractivity contribution in [2.45, 2.75) is 33.7 Å². The molecule has 0 saturated heterocycles. The van der Waals surface area contributed by atoms with Crippen molar-refractivity contribution in [1.82, 2.24) is 9.55 Å². The monoisotopic (exact) mass is 217 g/mol. The lowest BCUT2D eigenvalue weighted by Crippen LogP contribution is -2.07. The van der Waals surface area contributed by atoms with E-state index in [4.69, 9.17) is 5.73 Å². The van der Waals surface area contributed by atoms with Gasteiger partial charge in [-0.3, -0.25) is 0 Å². The summed E-state index contributed by atoms with van der Waals surface area (Å²) in [5.41, 5.74) is 8.76. The first-order chi connectivity index (χ1) is 7.61. The second kappa shape index (κ2) is 4.16. The third-order valence-electron chi connectivity index (χ3n) is 2.72. The van der Waals surface area contributed by atoms with Crippen LogP contribution < -0.4 is 5.73 Å². The summed E-state index contributed by atoms with van der Waals surface area (Å²) in [6.07, 6.45) is 0.960. The summed E-state index contributed by atoms with van der Waals surface area (Å²) < 4.78 is 2.31. The molecule has 1 heterocycles. The summed E-state index contributed by atoms with van der Waals surface area (Å²) in [5, 5.41) is 0. The molecule has 0 radical (unpaired) electrons. The van der Waals surface area contributed by atoms with Crippen molar-refractivity contribution in [2.24, 2.45) is 5.92 Å². The van der Waals surface area contributed by atoms with Crippen molar-refractivity contribution in [3.8, 4) is 0 Å². The Kier molecular flexibility index (Phi) is 2.86. The fraction of sp³-hybridized carbons (Fsp3) is 0.462. The molecule has 0 atom stereocenters. The van der Waals surface area contributed by atoms with Crippen LogP contribution in [0.5, 0.6) is 0 Å². The van der Waals surface area contributed by atoms with Crippen molar-refractivity contribution in [2.75, 3.05) is 5.73 Å². The fourth-order valence-corrected chi connectivity index (χ4v) is 2.04. The van der Waals surface area contributed by atoms with Crippen LogP contribution >= 0.6 is 0 Å². The van der Waals surface area contributed by atoms with E-state index in [1.54, 1.807) is 0 Å². The molecule has 0 aliphatic carbocycles. The van der Waals surface area contributed by atoms with E-state index in [1.165, 1.54) is 5.52 Å². The number of nitrogen functional groups attached to an aromatic ring is 1. The van der Waals surface area contributed by atoms with E-state index in [9.17, 15) is 0 Å². The Hall–Kier alpha value is -1.51. The number of hydrogen-bond acceptors (Lipinski definition) is 2. The van der Waals surface area contributed by atoms with Crippen LogP contribution in [-0.2, 0) is 13.0 Å². The molecule has 0 saturated carbocycles. The van der Waals surface area contributed by atoms with Crippen LogP contribution in [0.1, 0.15) is 26.6 Å². The summed E-state index contributed by atoms with van der Waals surface area (Å²) in [6, 6.07) is 5.96. The normalized spacial score (nSPS) is 11.5. The van der Waals surface area contributed by atoms with Gasteiger partial charge in [0.05, 0.1) is 11.0 Å². The SMILES string of the molecule is CCc1nc2cc(N)ccc2n1CC(C)C. The first-order valence-electron chi connectivity index (χ1n) is 5.86. The van der Waals surface area contributed by atoms with Gasteiger partial charge in [-0.1, -0.05) is 20.8 Å². The predicted octanol–water partition coefficient (Wildman–Crippen LogP) is 2.84. The van der Waals surface area contributed by atoms with Gasteiger partial charge in [0.25, 0.3) is 0 Å². The molecule has 1 aromatic carbocycles. The molecular formula is C13H19N3. The highest BCUT2D eigenvalue weighted by molar-refractivity contribution is 5.79. The average Bonchev–Trinajstić information content (AvgIpc) is 2.55. The number of rotatable bonds is 3. The van der Waals surface area contributed by atoms with Crippen LogP contribution in [0.2, 0.25) is 0 Å². The van der Waals surface area contributed by atoms with Crippen LogP contribution in [0.4, 0.5) is 5.69 Å². The lowest BCUT2D eigenvalue weighted by Gasteiger charge is -2.10. The van der Waals surface area contributed by atoms with Gasteiger partial charge in [-0.05, 0) is 24.1 Å². The highest BCUT2D eigenvalue weighted by Gasteiger charge is 2.10. The lowest BCUT2D eigenvalue weighted by atomic mass is 10.2. The van der Waals surface area contributed by atoms with Crippen molar-refractivity contribution in [3.05, 3.63) is 24.0 Å². The molecule has 3 heteroatoms. The minimum absolute atomic E-state index is 0.625. The number of anilines is 1. The second-order valence-corrected chi connectivity index (χ2v) is 4.63. The number of imidazole rings is 1. The Bertz CT molecular complexity index is 497. The van der Waals surface area contributed by atoms with Crippen LogP contribution in [0.3, 0.4) is 0 Å². The number of fused-ring (bicyclic) bond motifs is 1. The van der Waals surface area contributed by atoms with Gasteiger partial charge in [0, 0.05) is 18.7 Å². The molecule has 3 nitrogen and oxygen atoms in total. The highest BCUT2D eigenvalue weighted by Crippen LogP contribution is 2.20. The van der Waals surface area contributed by atoms with E-state index in [2.05, 4.69) is 36.4 Å². The zero-order valence-electron chi connectivity index (χ0n) is 10.2. The molecular weight excluding hydrogens is 198 g/mol. The minimum Gasteiger partial charge on any atom is -0.399 e. The molecule has 16 heavy (non-hydrogen) atoms. The molecule has 0 amide bonds. The molecule has 0 aliphatic rings. The van der Waals surface area contributed by atoms with Gasteiger partial charge in [0.1, 0.15) is 5.82 Å². The quantitative estimate of drug-likeness (QED) is 0.803. The number of nitrogens with two attached hydrogens (primary N) is 1. The number of hydrogen-bond donors (Lipinski definition) is 1. The van der Waals surface area contributed by atoms with Crippen LogP contribution in [0, 0.1) is 5.92 Å². The van der Waals surface area contributed by atoms with E-state index >= 15 is 0 Å². The molecule has 2 rings (SSSR count). The first-order valence-corrected chi connectivity index (χ1v) is 5.86. The molecule has 2 N–H and O–H groups in total. The second-order valence-electron chi connectivity index (χ2n) is 4.63. The van der Waals surface area contributed by atoms with Crippen LogP contribution in [0.15, 0.2) is 18.2 Å². The minimum atomic E-state index is 0.625. The van der Waals surface area contributed by atoms with E-state index in [1.807, 2.05) is 12.1 Å². The Morgan fingerprint density at radius 1 is 1.38 bits per heavy atom. The molecule has 0 unspecified atom stereocenters. The Balaban J connectivity index is 2.59. The maximum absolute atomic E-state index is 5.78. The van der Waals surface area contributed by atoms with Gasteiger partial charge in [-0.2, -0.15) is 0 Å². The lowest BCUT2D eigenvalue weighted by molar-refractivity contribution is 0.518. The summed E-state index contributed by atoms with van der Waals surface area (Å²) >= 11 is 0.